The first-order valence-electron chi connectivity index (χ1n) is 14.2. The van der Waals surface area contributed by atoms with Crippen LogP contribution in [0.25, 0.3) is 0 Å². The number of hydrogen-bond donors (Lipinski definition) is 1. The van der Waals surface area contributed by atoms with Crippen LogP contribution in [0.4, 0.5) is 0 Å². The quantitative estimate of drug-likeness (QED) is 0.272. The predicted octanol–water partition coefficient (Wildman–Crippen LogP) is 4.72. The molecule has 0 radical (unpaired) electrons. The van der Waals surface area contributed by atoms with Crippen molar-refractivity contribution in [3.05, 3.63) is 64.8 Å². The summed E-state index contributed by atoms with van der Waals surface area (Å²) < 4.78 is 16.5. The number of alkyl halides is 2. The minimum absolute atomic E-state index is 0.0445. The van der Waals surface area contributed by atoms with E-state index in [0.29, 0.717) is 12.8 Å². The molecule has 0 bridgehead atoms. The second kappa shape index (κ2) is 12.5. The summed E-state index contributed by atoms with van der Waals surface area (Å²) in [5.41, 5.74) is -0.755. The van der Waals surface area contributed by atoms with Gasteiger partial charge in [-0.2, -0.15) is 5.10 Å². The average molecular weight is 642 g/mol. The van der Waals surface area contributed by atoms with Crippen LogP contribution in [0.15, 0.2) is 29.4 Å². The van der Waals surface area contributed by atoms with Gasteiger partial charge in [0.1, 0.15) is 6.20 Å². The molecular formula is C28H34Cl2N4O7S. The van der Waals surface area contributed by atoms with Crippen molar-refractivity contribution in [2.45, 2.75) is 107 Å². The van der Waals surface area contributed by atoms with Gasteiger partial charge < -0.3 is 13.6 Å². The maximum atomic E-state index is 12.9. The molecule has 2 aliphatic rings. The lowest BCUT2D eigenvalue weighted by Crippen LogP contribution is -2.48. The van der Waals surface area contributed by atoms with Crippen molar-refractivity contribution in [1.82, 2.24) is 19.7 Å². The number of hydrogen-bond acceptors (Lipinski definition) is 10. The Bertz CT molecular complexity index is 1590. The van der Waals surface area contributed by atoms with E-state index in [9.17, 15) is 19.2 Å². The highest BCUT2D eigenvalue weighted by molar-refractivity contribution is 7.12. The monoisotopic (exact) mass is 640 g/mol. The topological polar surface area (TPSA) is 150 Å². The van der Waals surface area contributed by atoms with Crippen LogP contribution in [0, 0.1) is 12.8 Å². The first-order chi connectivity index (χ1) is 19.9. The van der Waals surface area contributed by atoms with Crippen molar-refractivity contribution in [2.24, 2.45) is 5.92 Å². The predicted molar refractivity (Wildman–Crippen MR) is 157 cm³/mol. The number of rotatable bonds is 8. The van der Waals surface area contributed by atoms with E-state index in [4.69, 9.17) is 41.8 Å². The lowest BCUT2D eigenvalue weighted by atomic mass is 9.69. The molecule has 11 nitrogen and oxygen atoms in total. The number of aromatic amines is 1. The molecular weight excluding hydrogens is 607 g/mol. The molecule has 2 fully saturated rings. The molecule has 0 aromatic carbocycles. The van der Waals surface area contributed by atoms with Gasteiger partial charge in [-0.25, -0.2) is 19.3 Å². The number of nitrogens with one attached hydrogen (secondary N) is 1. The Labute approximate surface area is 255 Å². The Hall–Kier alpha value is -2.70. The fourth-order valence-corrected chi connectivity index (χ4v) is 9.05. The maximum absolute atomic E-state index is 12.9. The summed E-state index contributed by atoms with van der Waals surface area (Å²) >= 11 is 15.5. The molecule has 228 valence electrons. The number of aryl methyl sites for hydroxylation is 1. The van der Waals surface area contributed by atoms with E-state index in [0.717, 1.165) is 47.5 Å². The van der Waals surface area contributed by atoms with E-state index in [1.165, 1.54) is 22.4 Å². The van der Waals surface area contributed by atoms with Gasteiger partial charge in [-0.1, -0.05) is 33.1 Å². The van der Waals surface area contributed by atoms with Gasteiger partial charge in [0, 0.05) is 32.9 Å². The number of thiazole rings is 1. The Morgan fingerprint density at radius 1 is 1.14 bits per heavy atom. The van der Waals surface area contributed by atoms with Crippen LogP contribution in [0.2, 0.25) is 0 Å². The van der Waals surface area contributed by atoms with Gasteiger partial charge >= 0.3 is 17.5 Å². The lowest BCUT2D eigenvalue weighted by Gasteiger charge is -2.44. The Kier molecular flexibility index (Phi) is 9.15. The molecule has 14 heteroatoms. The second-order valence-electron chi connectivity index (χ2n) is 11.7. The van der Waals surface area contributed by atoms with Gasteiger partial charge in [0.2, 0.25) is 0 Å². The molecule has 2 unspecified atom stereocenters. The fourth-order valence-electron chi connectivity index (χ4n) is 6.30. The summed E-state index contributed by atoms with van der Waals surface area (Å²) in [5, 5.41) is 4.07. The highest BCUT2D eigenvalue weighted by Gasteiger charge is 2.48. The van der Waals surface area contributed by atoms with Gasteiger partial charge in [-0.15, -0.1) is 34.5 Å². The molecule has 0 spiro atoms. The molecule has 3 aromatic heterocycles. The first kappa shape index (κ1) is 30.7. The van der Waals surface area contributed by atoms with Crippen LogP contribution in [0.1, 0.15) is 97.9 Å². The van der Waals surface area contributed by atoms with Gasteiger partial charge in [-0.3, -0.25) is 14.6 Å². The molecule has 42 heavy (non-hydrogen) atoms. The Morgan fingerprint density at radius 2 is 1.83 bits per heavy atom. The zero-order valence-corrected chi connectivity index (χ0v) is 26.0. The Balaban J connectivity index is 1.37. The number of aromatic nitrogens is 4. The largest absolute Gasteiger partial charge is 0.519 e. The van der Waals surface area contributed by atoms with Crippen molar-refractivity contribution in [1.29, 1.82) is 0 Å². The highest BCUT2D eigenvalue weighted by Crippen LogP contribution is 2.49. The summed E-state index contributed by atoms with van der Waals surface area (Å²) in [5.74, 6) is -0.758. The molecule has 3 aromatic rings. The van der Waals surface area contributed by atoms with E-state index in [2.05, 4.69) is 23.9 Å². The number of nitrogens with zero attached hydrogens (tertiary/aromatic N) is 3. The number of esters is 1. The zero-order valence-electron chi connectivity index (χ0n) is 23.7. The van der Waals surface area contributed by atoms with Gasteiger partial charge in [-0.05, 0) is 32.6 Å². The van der Waals surface area contributed by atoms with Crippen LogP contribution < -0.4 is 17.1 Å². The molecule has 0 aliphatic heterocycles. The smallest absolute Gasteiger partial charge is 0.457 e. The molecule has 2 atom stereocenters. The molecule has 0 amide bonds. The first-order valence-corrected chi connectivity index (χ1v) is 15.8. The average Bonchev–Trinajstić information content (AvgIpc) is 3.49. The highest BCUT2D eigenvalue weighted by atomic mass is 35.5. The van der Waals surface area contributed by atoms with Gasteiger partial charge in [0.05, 0.1) is 23.2 Å². The van der Waals surface area contributed by atoms with Crippen molar-refractivity contribution in [3.63, 3.8) is 0 Å². The SMILES string of the molecule is Cc1oc(=O)oc1COC(=O)Cc1sc(C(C)(C)C2C(Cl)CC(n3ncc(=O)[nH]c3=O)CC2Cl)nc1C1CCCCC1. The van der Waals surface area contributed by atoms with Crippen LogP contribution in [-0.2, 0) is 28.0 Å². The maximum Gasteiger partial charge on any atom is 0.519 e. The van der Waals surface area contributed by atoms with Gasteiger partial charge in [0.25, 0.3) is 5.56 Å². The fraction of sp³-hybridized carbons (Fsp3) is 0.643. The third kappa shape index (κ3) is 6.45. The van der Waals surface area contributed by atoms with Crippen molar-refractivity contribution in [3.8, 4) is 0 Å². The van der Waals surface area contributed by atoms with Crippen LogP contribution >= 0.6 is 34.5 Å². The molecule has 2 aliphatic carbocycles. The minimum atomic E-state index is -0.835. The summed E-state index contributed by atoms with van der Waals surface area (Å²) in [7, 11) is 0. The molecule has 2 saturated carbocycles. The van der Waals surface area contributed by atoms with Crippen LogP contribution in [-0.4, -0.2) is 36.5 Å². The van der Waals surface area contributed by atoms with Crippen molar-refractivity contribution < 1.29 is 18.4 Å². The molecule has 0 saturated heterocycles. The van der Waals surface area contributed by atoms with Crippen LogP contribution in [0.3, 0.4) is 0 Å². The van der Waals surface area contributed by atoms with E-state index in [-0.39, 0.29) is 42.4 Å². The number of carbonyl (C=O) groups is 1. The standard InChI is InChI=1S/C28H34Cl2N4O7S/c1-14-19(41-27(38)40-14)13-39-22(36)11-20-24(15-7-5-4-6-8-15)33-25(42-20)28(2,3)23-17(29)9-16(10-18(23)30)34-26(37)32-21(35)12-31-34/h12,15-18,23H,4-11,13H2,1-3H3,(H,32,35,37). The molecule has 5 rings (SSSR count). The number of ether oxygens (including phenoxy) is 1. The van der Waals surface area contributed by atoms with E-state index < -0.39 is 39.2 Å². The van der Waals surface area contributed by atoms with Crippen molar-refractivity contribution >= 4 is 40.5 Å². The summed E-state index contributed by atoms with van der Waals surface area (Å²) in [4.78, 5) is 56.4. The zero-order chi connectivity index (χ0) is 30.2. The van der Waals surface area contributed by atoms with E-state index >= 15 is 0 Å². The number of H-pyrrole nitrogens is 1. The second-order valence-corrected chi connectivity index (χ2v) is 13.9. The Morgan fingerprint density at radius 3 is 2.45 bits per heavy atom. The lowest BCUT2D eigenvalue weighted by molar-refractivity contribution is -0.144. The van der Waals surface area contributed by atoms with Crippen molar-refractivity contribution in [2.75, 3.05) is 0 Å². The number of carbonyl (C=O) groups excluding carboxylic acids is 1. The van der Waals surface area contributed by atoms with E-state index in [1.807, 2.05) is 0 Å². The third-order valence-corrected chi connectivity index (χ3v) is 10.8. The molecule has 1 N–H and O–H groups in total. The minimum Gasteiger partial charge on any atom is -0.457 e. The summed E-state index contributed by atoms with van der Waals surface area (Å²) in [6, 6.07) is -0.353. The van der Waals surface area contributed by atoms with E-state index in [1.54, 1.807) is 6.92 Å². The summed E-state index contributed by atoms with van der Waals surface area (Å²) in [6.45, 7) is 5.53. The van der Waals surface area contributed by atoms with Gasteiger partial charge in [0.15, 0.2) is 18.1 Å². The molecule has 3 heterocycles. The third-order valence-electron chi connectivity index (χ3n) is 8.47. The van der Waals surface area contributed by atoms with Crippen LogP contribution in [0.5, 0.6) is 0 Å². The summed E-state index contributed by atoms with van der Waals surface area (Å²) in [6.07, 6.45) is 7.43. The number of halogens is 2. The normalized spacial score (nSPS) is 23.6.